The van der Waals surface area contributed by atoms with Crippen molar-refractivity contribution in [3.63, 3.8) is 0 Å². The van der Waals surface area contributed by atoms with Gasteiger partial charge in [-0.25, -0.2) is 0 Å². The van der Waals surface area contributed by atoms with Gasteiger partial charge in [0.15, 0.2) is 6.61 Å². The molecule has 0 N–H and O–H groups in total. The molecule has 0 saturated heterocycles. The Balaban J connectivity index is 1.62. The minimum absolute atomic E-state index is 0.0468. The van der Waals surface area contributed by atoms with Crippen molar-refractivity contribution < 1.29 is 14.3 Å². The molecule has 0 radical (unpaired) electrons. The van der Waals surface area contributed by atoms with Crippen LogP contribution in [0.3, 0.4) is 0 Å². The molecule has 1 amide bonds. The summed E-state index contributed by atoms with van der Waals surface area (Å²) in [5.74, 6) is -0.782. The molecule has 1 aromatic heterocycles. The number of anilines is 1. The van der Waals surface area contributed by atoms with Crippen molar-refractivity contribution in [2.75, 3.05) is 18.1 Å². The maximum atomic E-state index is 12.7. The molecule has 28 heavy (non-hydrogen) atoms. The van der Waals surface area contributed by atoms with Crippen molar-refractivity contribution in [1.29, 1.82) is 0 Å². The van der Waals surface area contributed by atoms with Crippen molar-refractivity contribution >= 4 is 39.7 Å². The lowest BCUT2D eigenvalue weighted by Crippen LogP contribution is -2.34. The van der Waals surface area contributed by atoms with E-state index in [9.17, 15) is 14.4 Å². The van der Waals surface area contributed by atoms with Gasteiger partial charge in [0.1, 0.15) is 0 Å². The lowest BCUT2D eigenvalue weighted by Gasteiger charge is -2.22. The maximum Gasteiger partial charge on any atom is 0.308 e. The number of ether oxygens (including phenoxy) is 1. The van der Waals surface area contributed by atoms with Crippen molar-refractivity contribution in [1.82, 2.24) is 4.57 Å². The number of esters is 1. The number of aryl methyl sites for hydroxylation is 1. The topological polar surface area (TPSA) is 68.6 Å². The molecule has 0 aliphatic carbocycles. The first-order valence-corrected chi connectivity index (χ1v) is 9.98. The first-order valence-electron chi connectivity index (χ1n) is 9.10. The molecule has 0 spiro atoms. The Kier molecular flexibility index (Phi) is 6.26. The van der Waals surface area contributed by atoms with Gasteiger partial charge >= 0.3 is 10.8 Å². The molecule has 0 fully saturated rings. The Morgan fingerprint density at radius 2 is 1.89 bits per heavy atom. The van der Waals surface area contributed by atoms with E-state index in [1.54, 1.807) is 10.3 Å². The molecular weight excluding hydrogens is 376 g/mol. The highest BCUT2D eigenvalue weighted by Crippen LogP contribution is 2.26. The zero-order valence-electron chi connectivity index (χ0n) is 15.9. The van der Waals surface area contributed by atoms with Crippen LogP contribution in [0.4, 0.5) is 5.69 Å². The maximum absolute atomic E-state index is 12.7. The van der Waals surface area contributed by atoms with E-state index in [-0.39, 0.29) is 30.4 Å². The summed E-state index contributed by atoms with van der Waals surface area (Å²) in [6, 6.07) is 13.6. The van der Waals surface area contributed by atoms with Crippen LogP contribution in [0, 0.1) is 6.92 Å². The number of nitrogens with zero attached hydrogens (tertiary/aromatic N) is 2. The Labute approximate surface area is 167 Å². The molecule has 0 aliphatic heterocycles. The molecule has 0 saturated carbocycles. The summed E-state index contributed by atoms with van der Waals surface area (Å²) in [4.78, 5) is 37.9. The minimum atomic E-state index is -0.500. The van der Waals surface area contributed by atoms with Crippen LogP contribution in [0.15, 0.2) is 52.6 Å². The Morgan fingerprint density at radius 1 is 1.14 bits per heavy atom. The molecule has 7 heteroatoms. The lowest BCUT2D eigenvalue weighted by atomic mass is 10.1. The first kappa shape index (κ1) is 19.8. The Morgan fingerprint density at radius 3 is 2.61 bits per heavy atom. The second-order valence-electron chi connectivity index (χ2n) is 6.34. The summed E-state index contributed by atoms with van der Waals surface area (Å²) in [7, 11) is 0. The highest BCUT2D eigenvalue weighted by atomic mass is 32.1. The van der Waals surface area contributed by atoms with Gasteiger partial charge < -0.3 is 14.2 Å². The fourth-order valence-electron chi connectivity index (χ4n) is 3.09. The number of carbonyl (C=O) groups excluding carboxylic acids is 2. The summed E-state index contributed by atoms with van der Waals surface area (Å²) in [6.07, 6.45) is 0.0468. The molecular formula is C21H22N2O4S. The zero-order chi connectivity index (χ0) is 20.1. The first-order chi connectivity index (χ1) is 13.5. The monoisotopic (exact) mass is 398 g/mol. The molecule has 3 aromatic rings. The molecule has 3 rings (SSSR count). The van der Waals surface area contributed by atoms with Gasteiger partial charge in [-0.1, -0.05) is 47.7 Å². The highest BCUT2D eigenvalue weighted by molar-refractivity contribution is 7.07. The third kappa shape index (κ3) is 4.31. The SMILES string of the molecule is CCN(C(=O)COC(=O)CCn1c(C)csc1=O)c1cccc2ccccc12. The zero-order valence-corrected chi connectivity index (χ0v) is 16.7. The number of hydrogen-bond donors (Lipinski definition) is 0. The number of rotatable bonds is 7. The highest BCUT2D eigenvalue weighted by Gasteiger charge is 2.18. The van der Waals surface area contributed by atoms with Crippen molar-refractivity contribution in [3.05, 3.63) is 63.2 Å². The van der Waals surface area contributed by atoms with E-state index in [1.807, 2.05) is 56.3 Å². The van der Waals surface area contributed by atoms with E-state index in [0.717, 1.165) is 33.5 Å². The Bertz CT molecular complexity index is 1050. The fraction of sp³-hybridized carbons (Fsp3) is 0.286. The average Bonchev–Trinajstić information content (AvgIpc) is 3.03. The van der Waals surface area contributed by atoms with E-state index in [0.29, 0.717) is 6.54 Å². The van der Waals surface area contributed by atoms with E-state index < -0.39 is 5.97 Å². The number of carbonyl (C=O) groups is 2. The molecule has 146 valence electrons. The van der Waals surface area contributed by atoms with Gasteiger partial charge in [-0.2, -0.15) is 0 Å². The molecule has 6 nitrogen and oxygen atoms in total. The number of amides is 1. The second-order valence-corrected chi connectivity index (χ2v) is 7.16. The minimum Gasteiger partial charge on any atom is -0.455 e. The van der Waals surface area contributed by atoms with Crippen LogP contribution in [-0.4, -0.2) is 29.6 Å². The van der Waals surface area contributed by atoms with E-state index >= 15 is 0 Å². The van der Waals surface area contributed by atoms with Gasteiger partial charge in [0, 0.05) is 29.5 Å². The van der Waals surface area contributed by atoms with Crippen LogP contribution < -0.4 is 9.77 Å². The molecule has 1 heterocycles. The molecule has 0 unspecified atom stereocenters. The van der Waals surface area contributed by atoms with Crippen LogP contribution in [0.1, 0.15) is 19.0 Å². The van der Waals surface area contributed by atoms with Crippen LogP contribution in [0.5, 0.6) is 0 Å². The number of aromatic nitrogens is 1. The van der Waals surface area contributed by atoms with Gasteiger partial charge in [0.25, 0.3) is 5.91 Å². The van der Waals surface area contributed by atoms with Crippen LogP contribution in [-0.2, 0) is 20.9 Å². The van der Waals surface area contributed by atoms with Crippen LogP contribution in [0.2, 0.25) is 0 Å². The summed E-state index contributed by atoms with van der Waals surface area (Å²) < 4.78 is 6.69. The predicted molar refractivity (Wildman–Crippen MR) is 111 cm³/mol. The van der Waals surface area contributed by atoms with Gasteiger partial charge in [-0.3, -0.25) is 14.4 Å². The summed E-state index contributed by atoms with van der Waals surface area (Å²) in [5.41, 5.74) is 1.61. The lowest BCUT2D eigenvalue weighted by molar-refractivity contribution is -0.148. The third-order valence-electron chi connectivity index (χ3n) is 4.55. The number of fused-ring (bicyclic) bond motifs is 1. The molecule has 2 aromatic carbocycles. The summed E-state index contributed by atoms with van der Waals surface area (Å²) >= 11 is 1.10. The average molecular weight is 398 g/mol. The molecule has 0 aliphatic rings. The van der Waals surface area contributed by atoms with Crippen LogP contribution in [0.25, 0.3) is 10.8 Å². The van der Waals surface area contributed by atoms with Gasteiger partial charge in [0.05, 0.1) is 12.1 Å². The van der Waals surface area contributed by atoms with Gasteiger partial charge in [0.2, 0.25) is 0 Å². The van der Waals surface area contributed by atoms with E-state index in [1.165, 1.54) is 4.57 Å². The van der Waals surface area contributed by atoms with E-state index in [4.69, 9.17) is 4.74 Å². The smallest absolute Gasteiger partial charge is 0.308 e. The quantitative estimate of drug-likeness (QED) is 0.573. The van der Waals surface area contributed by atoms with E-state index in [2.05, 4.69) is 0 Å². The summed E-state index contributed by atoms with van der Waals surface area (Å²) in [5, 5.41) is 3.76. The standard InChI is InChI=1S/C21H22N2O4S/c1-3-22(18-10-6-8-16-7-4-5-9-17(16)18)19(24)13-27-20(25)11-12-23-15(2)14-28-21(23)26/h4-10,14H,3,11-13H2,1-2H3. The Hall–Kier alpha value is -2.93. The van der Waals surface area contributed by atoms with Gasteiger partial charge in [-0.15, -0.1) is 0 Å². The molecule has 0 atom stereocenters. The van der Waals surface area contributed by atoms with Crippen molar-refractivity contribution in [2.24, 2.45) is 0 Å². The second kappa shape index (κ2) is 8.84. The third-order valence-corrected chi connectivity index (χ3v) is 5.43. The predicted octanol–water partition coefficient (Wildman–Crippen LogP) is 3.36. The summed E-state index contributed by atoms with van der Waals surface area (Å²) in [6.45, 7) is 4.09. The van der Waals surface area contributed by atoms with Crippen LogP contribution >= 0.6 is 11.3 Å². The number of likely N-dealkylation sites (N-methyl/N-ethyl adjacent to an activating group) is 1. The largest absolute Gasteiger partial charge is 0.455 e. The molecule has 0 bridgehead atoms. The van der Waals surface area contributed by atoms with Crippen molar-refractivity contribution in [3.8, 4) is 0 Å². The number of benzene rings is 2. The number of hydrogen-bond acceptors (Lipinski definition) is 5. The fourth-order valence-corrected chi connectivity index (χ4v) is 3.86. The normalized spacial score (nSPS) is 10.8. The van der Waals surface area contributed by atoms with Crippen molar-refractivity contribution in [2.45, 2.75) is 26.8 Å². The van der Waals surface area contributed by atoms with Gasteiger partial charge in [-0.05, 0) is 25.3 Å². The number of thiazole rings is 1.